The minimum atomic E-state index is -1.87. The van der Waals surface area contributed by atoms with Crippen molar-refractivity contribution in [2.45, 2.75) is 56.8 Å². The van der Waals surface area contributed by atoms with Crippen molar-refractivity contribution in [1.82, 2.24) is 0 Å². The number of ether oxygens (including phenoxy) is 7. The molecule has 0 aliphatic carbocycles. The van der Waals surface area contributed by atoms with Crippen LogP contribution in [0.3, 0.4) is 0 Å². The number of aromatic hydroxyl groups is 4. The van der Waals surface area contributed by atoms with Crippen LogP contribution in [0.25, 0.3) is 6.08 Å². The molecule has 0 unspecified atom stereocenters. The fraction of sp³-hybridized carbons (Fsp3) is 0.389. The summed E-state index contributed by atoms with van der Waals surface area (Å²) < 4.78 is 37.8. The summed E-state index contributed by atoms with van der Waals surface area (Å²) in [5, 5.41) is 70.3. The molecule has 2 heterocycles. The smallest absolute Gasteiger partial charge is 0.337 e. The van der Waals surface area contributed by atoms with Gasteiger partial charge in [-0.25, -0.2) is 9.59 Å². The van der Waals surface area contributed by atoms with Gasteiger partial charge in [-0.1, -0.05) is 18.2 Å². The van der Waals surface area contributed by atoms with Crippen molar-refractivity contribution in [2.24, 2.45) is 5.92 Å². The quantitative estimate of drug-likeness (QED) is 0.0456. The summed E-state index contributed by atoms with van der Waals surface area (Å²) in [6.45, 7) is -0.408. The number of aliphatic hydroxyl groups excluding tert-OH is 3. The van der Waals surface area contributed by atoms with Gasteiger partial charge in [0.15, 0.2) is 35.4 Å². The average molecular weight is 761 g/mol. The molecule has 2 aromatic rings. The number of hydrogen-bond donors (Lipinski definition) is 7. The van der Waals surface area contributed by atoms with Gasteiger partial charge in [-0.2, -0.15) is 0 Å². The van der Waals surface area contributed by atoms with E-state index in [1.165, 1.54) is 48.6 Å². The lowest BCUT2D eigenvalue weighted by Gasteiger charge is -2.43. The van der Waals surface area contributed by atoms with Crippen molar-refractivity contribution in [2.75, 3.05) is 26.9 Å². The number of carbonyl (C=O) groups excluding carboxylic acids is 4. The van der Waals surface area contributed by atoms with Crippen LogP contribution in [-0.2, 0) is 58.8 Å². The van der Waals surface area contributed by atoms with E-state index in [9.17, 15) is 54.9 Å². The Morgan fingerprint density at radius 2 is 1.61 bits per heavy atom. The van der Waals surface area contributed by atoms with Gasteiger partial charge in [0.1, 0.15) is 24.9 Å². The summed E-state index contributed by atoms with van der Waals surface area (Å²) in [6, 6.07) is 7.91. The van der Waals surface area contributed by atoms with Gasteiger partial charge in [-0.05, 0) is 41.5 Å². The van der Waals surface area contributed by atoms with Gasteiger partial charge in [0.25, 0.3) is 0 Å². The summed E-state index contributed by atoms with van der Waals surface area (Å²) in [6.07, 6.45) is -6.00. The molecule has 2 aliphatic rings. The van der Waals surface area contributed by atoms with E-state index in [1.807, 2.05) is 0 Å². The summed E-state index contributed by atoms with van der Waals surface area (Å²) >= 11 is 0. The highest BCUT2D eigenvalue weighted by Gasteiger charge is 2.49. The minimum absolute atomic E-state index is 0.000137. The van der Waals surface area contributed by atoms with Crippen LogP contribution in [0.2, 0.25) is 0 Å². The molecule has 0 bridgehead atoms. The molecule has 7 atom stereocenters. The van der Waals surface area contributed by atoms with E-state index in [-0.39, 0.29) is 41.4 Å². The van der Waals surface area contributed by atoms with Crippen molar-refractivity contribution < 1.29 is 88.1 Å². The Hall–Kier alpha value is -5.66. The number of benzene rings is 2. The fourth-order valence-corrected chi connectivity index (χ4v) is 5.49. The maximum absolute atomic E-state index is 13.0. The molecule has 2 aromatic carbocycles. The first-order valence-corrected chi connectivity index (χ1v) is 16.3. The van der Waals surface area contributed by atoms with E-state index < -0.39 is 92.2 Å². The Morgan fingerprint density at radius 1 is 0.907 bits per heavy atom. The van der Waals surface area contributed by atoms with Crippen LogP contribution in [0, 0.1) is 5.92 Å². The van der Waals surface area contributed by atoms with Gasteiger partial charge < -0.3 is 68.9 Å². The lowest BCUT2D eigenvalue weighted by molar-refractivity contribution is -0.329. The lowest BCUT2D eigenvalue weighted by atomic mass is 9.86. The molecule has 292 valence electrons. The highest BCUT2D eigenvalue weighted by molar-refractivity contribution is 5.91. The number of rotatable bonds is 14. The minimum Gasteiger partial charge on any atom is -0.504 e. The highest BCUT2D eigenvalue weighted by atomic mass is 16.8. The van der Waals surface area contributed by atoms with Gasteiger partial charge in [-0.3, -0.25) is 9.59 Å². The SMILES string of the molecule is COC(=O)C1=CO[C@@H](O[C@@H]2O[C@H](COC(=O)/C=C/c3ccc(O)c(O)c3)[C@@H](O)[C@H](OC(C)=O)[C@H]2O)/C(=C/CO)[C@@H]1CC(=O)OCCc1ccc(O)c(O)c1. The van der Waals surface area contributed by atoms with Crippen molar-refractivity contribution in [3.8, 4) is 23.0 Å². The third-order valence-corrected chi connectivity index (χ3v) is 8.18. The molecule has 54 heavy (non-hydrogen) atoms. The Bertz CT molecular complexity index is 1770. The van der Waals surface area contributed by atoms with E-state index in [4.69, 9.17) is 33.2 Å². The van der Waals surface area contributed by atoms with Gasteiger partial charge in [0.2, 0.25) is 6.29 Å². The molecule has 18 nitrogen and oxygen atoms in total. The third kappa shape index (κ3) is 10.7. The molecule has 0 aromatic heterocycles. The predicted molar refractivity (Wildman–Crippen MR) is 180 cm³/mol. The molecule has 7 N–H and O–H groups in total. The van der Waals surface area contributed by atoms with Crippen molar-refractivity contribution in [3.05, 3.63) is 77.1 Å². The van der Waals surface area contributed by atoms with Gasteiger partial charge >= 0.3 is 23.9 Å². The highest BCUT2D eigenvalue weighted by Crippen LogP contribution is 2.37. The monoisotopic (exact) mass is 760 g/mol. The van der Waals surface area contributed by atoms with Crippen molar-refractivity contribution in [3.63, 3.8) is 0 Å². The normalized spacial score (nSPS) is 24.6. The predicted octanol–water partition coefficient (Wildman–Crippen LogP) is 0.584. The maximum Gasteiger partial charge on any atom is 0.337 e. The molecule has 4 rings (SSSR count). The molecular weight excluding hydrogens is 720 g/mol. The van der Waals surface area contributed by atoms with Crippen LogP contribution in [0.4, 0.5) is 0 Å². The molecule has 18 heteroatoms. The first-order valence-electron chi connectivity index (χ1n) is 16.3. The molecule has 0 amide bonds. The largest absolute Gasteiger partial charge is 0.504 e. The second-order valence-electron chi connectivity index (χ2n) is 11.9. The van der Waals surface area contributed by atoms with Gasteiger partial charge in [0, 0.05) is 30.9 Å². The van der Waals surface area contributed by atoms with Crippen LogP contribution in [0.15, 0.2) is 66.0 Å². The van der Waals surface area contributed by atoms with Gasteiger partial charge in [-0.15, -0.1) is 0 Å². The van der Waals surface area contributed by atoms with E-state index in [1.54, 1.807) is 0 Å². The Labute approximate surface area is 307 Å². The number of carbonyl (C=O) groups is 4. The Kier molecular flexibility index (Phi) is 14.4. The fourth-order valence-electron chi connectivity index (χ4n) is 5.49. The van der Waals surface area contributed by atoms with Crippen molar-refractivity contribution >= 4 is 30.0 Å². The molecular formula is C36H40O18. The van der Waals surface area contributed by atoms with E-state index in [2.05, 4.69) is 0 Å². The zero-order valence-electron chi connectivity index (χ0n) is 29.0. The summed E-state index contributed by atoms with van der Waals surface area (Å²) in [5.41, 5.74) is 0.737. The van der Waals surface area contributed by atoms with E-state index in [0.29, 0.717) is 11.1 Å². The van der Waals surface area contributed by atoms with Crippen molar-refractivity contribution in [1.29, 1.82) is 0 Å². The number of esters is 4. The number of aliphatic hydroxyl groups is 3. The van der Waals surface area contributed by atoms with Crippen LogP contribution < -0.4 is 0 Å². The Balaban J connectivity index is 1.49. The van der Waals surface area contributed by atoms with E-state index in [0.717, 1.165) is 26.4 Å². The van der Waals surface area contributed by atoms with E-state index >= 15 is 0 Å². The van der Waals surface area contributed by atoms with Crippen LogP contribution >= 0.6 is 0 Å². The molecule has 0 radical (unpaired) electrons. The summed E-state index contributed by atoms with van der Waals surface area (Å²) in [5.74, 6) is -6.13. The first-order chi connectivity index (χ1) is 25.7. The van der Waals surface area contributed by atoms with Gasteiger partial charge in [0.05, 0.1) is 38.6 Å². The molecule has 2 aliphatic heterocycles. The zero-order valence-corrected chi connectivity index (χ0v) is 29.0. The summed E-state index contributed by atoms with van der Waals surface area (Å²) in [7, 11) is 1.09. The first kappa shape index (κ1) is 41.1. The van der Waals surface area contributed by atoms with Crippen LogP contribution in [-0.4, -0.2) is 124 Å². The molecule has 0 spiro atoms. The zero-order chi connectivity index (χ0) is 39.5. The second-order valence-corrected chi connectivity index (χ2v) is 11.9. The number of phenolic OH excluding ortho intramolecular Hbond substituents is 4. The lowest BCUT2D eigenvalue weighted by Crippen LogP contribution is -2.61. The maximum atomic E-state index is 13.0. The Morgan fingerprint density at radius 3 is 2.26 bits per heavy atom. The number of hydrogen-bond acceptors (Lipinski definition) is 18. The van der Waals surface area contributed by atoms with Crippen LogP contribution in [0.5, 0.6) is 23.0 Å². The topological polar surface area (TPSA) is 274 Å². The average Bonchev–Trinajstić information content (AvgIpc) is 3.13. The molecule has 0 saturated carbocycles. The standard InChI is InChI=1S/C36H40O18/c1-18(38)52-33-31(45)28(17-50-29(43)8-5-19-3-6-24(39)26(41)13-19)53-36(32(33)46)54-35-21(9-11-37)22(23(16-51-35)34(47)48-2)15-30(44)49-12-10-20-4-7-25(40)27(42)14-20/h3-9,13-14,16,22,28,31-33,35-37,39-42,45-46H,10-12,15,17H2,1-2H3/b8-5+,21-9+/t22-,28+,31+,32+,33-,35-,36-/m0/s1. The molecule has 1 saturated heterocycles. The second kappa shape index (κ2) is 18.9. The molecule has 1 fully saturated rings. The third-order valence-electron chi connectivity index (χ3n) is 8.18. The summed E-state index contributed by atoms with van der Waals surface area (Å²) in [4.78, 5) is 50.1. The van der Waals surface area contributed by atoms with Crippen LogP contribution in [0.1, 0.15) is 24.5 Å². The number of phenols is 4. The number of methoxy groups -OCH3 is 1.